The number of aromatic nitrogens is 1. The van der Waals surface area contributed by atoms with E-state index in [9.17, 15) is 0 Å². The van der Waals surface area contributed by atoms with E-state index < -0.39 is 0 Å². The normalized spacial score (nSPS) is 15.7. The predicted octanol–water partition coefficient (Wildman–Crippen LogP) is 2.96. The van der Waals surface area contributed by atoms with Crippen molar-refractivity contribution in [1.82, 2.24) is 15.6 Å². The third-order valence-electron chi connectivity index (χ3n) is 4.04. The van der Waals surface area contributed by atoms with Gasteiger partial charge in [-0.05, 0) is 50.7 Å². The maximum Gasteiger partial charge on any atom is 0.191 e. The first-order valence-corrected chi connectivity index (χ1v) is 8.28. The molecule has 6 heteroatoms. The molecular formula is C17H29IN4O. The molecule has 0 atom stereocenters. The molecule has 2 rings (SSSR count). The quantitative estimate of drug-likeness (QED) is 0.273. The van der Waals surface area contributed by atoms with Crippen LogP contribution in [0.4, 0.5) is 0 Å². The molecule has 0 spiro atoms. The lowest BCUT2D eigenvalue weighted by Gasteiger charge is -2.18. The van der Waals surface area contributed by atoms with Crippen LogP contribution < -0.4 is 10.6 Å². The van der Waals surface area contributed by atoms with Gasteiger partial charge in [-0.15, -0.1) is 24.0 Å². The van der Waals surface area contributed by atoms with Crippen LogP contribution in [0, 0.1) is 5.41 Å². The van der Waals surface area contributed by atoms with Gasteiger partial charge in [0.15, 0.2) is 5.96 Å². The van der Waals surface area contributed by atoms with Crippen molar-refractivity contribution < 1.29 is 4.74 Å². The molecule has 0 aromatic carbocycles. The minimum Gasteiger partial charge on any atom is -0.382 e. The molecular weight excluding hydrogens is 403 g/mol. The lowest BCUT2D eigenvalue weighted by molar-refractivity contribution is 0.128. The highest BCUT2D eigenvalue weighted by molar-refractivity contribution is 14.0. The van der Waals surface area contributed by atoms with Gasteiger partial charge in [-0.25, -0.2) is 4.99 Å². The number of rotatable bonds is 9. The summed E-state index contributed by atoms with van der Waals surface area (Å²) < 4.78 is 5.49. The molecule has 0 aliphatic heterocycles. The van der Waals surface area contributed by atoms with Gasteiger partial charge in [-0.2, -0.15) is 0 Å². The van der Waals surface area contributed by atoms with Crippen LogP contribution in [-0.4, -0.2) is 37.2 Å². The maximum absolute atomic E-state index is 5.49. The molecule has 0 radical (unpaired) electrons. The van der Waals surface area contributed by atoms with Gasteiger partial charge in [0.25, 0.3) is 0 Å². The monoisotopic (exact) mass is 432 g/mol. The molecule has 2 N–H and O–H groups in total. The van der Waals surface area contributed by atoms with Gasteiger partial charge >= 0.3 is 0 Å². The molecule has 0 bridgehead atoms. The minimum atomic E-state index is 0. The van der Waals surface area contributed by atoms with Crippen LogP contribution >= 0.6 is 24.0 Å². The van der Waals surface area contributed by atoms with Gasteiger partial charge in [-0.3, -0.25) is 4.98 Å². The Bertz CT molecular complexity index is 463. The van der Waals surface area contributed by atoms with E-state index >= 15 is 0 Å². The van der Waals surface area contributed by atoms with Crippen LogP contribution in [0.15, 0.2) is 29.4 Å². The Balaban J connectivity index is 0.00000264. The lowest BCUT2D eigenvalue weighted by atomic mass is 10.0. The summed E-state index contributed by atoms with van der Waals surface area (Å²) in [5.41, 5.74) is 1.40. The van der Waals surface area contributed by atoms with Crippen LogP contribution in [0.3, 0.4) is 0 Å². The van der Waals surface area contributed by atoms with Gasteiger partial charge in [0, 0.05) is 32.5 Å². The Morgan fingerprint density at radius 2 is 2.13 bits per heavy atom. The van der Waals surface area contributed by atoms with Crippen molar-refractivity contribution in [1.29, 1.82) is 0 Å². The summed E-state index contributed by atoms with van der Waals surface area (Å²) in [5.74, 6) is 0.871. The number of ether oxygens (including phenoxy) is 1. The third-order valence-corrected chi connectivity index (χ3v) is 4.04. The second-order valence-corrected chi connectivity index (χ2v) is 5.82. The van der Waals surface area contributed by atoms with Gasteiger partial charge < -0.3 is 15.4 Å². The smallest absolute Gasteiger partial charge is 0.191 e. The fourth-order valence-corrected chi connectivity index (χ4v) is 2.39. The summed E-state index contributed by atoms with van der Waals surface area (Å²) in [4.78, 5) is 8.91. The van der Waals surface area contributed by atoms with E-state index in [4.69, 9.17) is 4.74 Å². The SMILES string of the molecule is CCNC(=NCc1ccccn1)NCC1(CCOCC)CC1.I. The first-order chi connectivity index (χ1) is 10.8. The average Bonchev–Trinajstić information content (AvgIpc) is 3.32. The van der Waals surface area contributed by atoms with Crippen molar-refractivity contribution in [2.45, 2.75) is 39.7 Å². The van der Waals surface area contributed by atoms with Crippen molar-refractivity contribution in [3.8, 4) is 0 Å². The summed E-state index contributed by atoms with van der Waals surface area (Å²) in [6, 6.07) is 5.91. The highest BCUT2D eigenvalue weighted by Crippen LogP contribution is 2.48. The number of hydrogen-bond donors (Lipinski definition) is 2. The third kappa shape index (κ3) is 7.48. The molecule has 0 unspecified atom stereocenters. The number of halogens is 1. The van der Waals surface area contributed by atoms with Crippen LogP contribution in [0.2, 0.25) is 0 Å². The molecule has 1 fully saturated rings. The Morgan fingerprint density at radius 3 is 2.74 bits per heavy atom. The second kappa shape index (κ2) is 10.8. The summed E-state index contributed by atoms with van der Waals surface area (Å²) in [6.07, 6.45) is 5.51. The Morgan fingerprint density at radius 1 is 1.30 bits per heavy atom. The van der Waals surface area contributed by atoms with Gasteiger partial charge in [0.2, 0.25) is 0 Å². The molecule has 1 aromatic rings. The summed E-state index contributed by atoms with van der Waals surface area (Å²) in [7, 11) is 0. The molecule has 1 heterocycles. The van der Waals surface area contributed by atoms with Crippen molar-refractivity contribution in [2.24, 2.45) is 10.4 Å². The number of pyridine rings is 1. The van der Waals surface area contributed by atoms with E-state index in [-0.39, 0.29) is 24.0 Å². The molecule has 23 heavy (non-hydrogen) atoms. The molecule has 5 nitrogen and oxygen atoms in total. The lowest BCUT2D eigenvalue weighted by Crippen LogP contribution is -2.40. The van der Waals surface area contributed by atoms with Crippen molar-refractivity contribution in [2.75, 3.05) is 26.3 Å². The molecule has 0 saturated heterocycles. The van der Waals surface area contributed by atoms with E-state index in [1.165, 1.54) is 12.8 Å². The molecule has 1 aliphatic carbocycles. The zero-order valence-corrected chi connectivity index (χ0v) is 16.5. The van der Waals surface area contributed by atoms with Crippen LogP contribution in [0.5, 0.6) is 0 Å². The first-order valence-electron chi connectivity index (χ1n) is 8.28. The molecule has 1 aliphatic rings. The standard InChI is InChI=1S/C17H28N4O.HI/c1-3-18-16(20-13-15-7-5-6-11-19-15)21-14-17(8-9-17)10-12-22-4-2;/h5-7,11H,3-4,8-10,12-14H2,1-2H3,(H2,18,20,21);1H. The van der Waals surface area contributed by atoms with E-state index in [1.807, 2.05) is 25.1 Å². The molecule has 1 saturated carbocycles. The minimum absolute atomic E-state index is 0. The highest BCUT2D eigenvalue weighted by atomic mass is 127. The Kier molecular flexibility index (Phi) is 9.47. The number of hydrogen-bond acceptors (Lipinski definition) is 3. The zero-order valence-electron chi connectivity index (χ0n) is 14.2. The van der Waals surface area contributed by atoms with Gasteiger partial charge in [0.05, 0.1) is 12.2 Å². The van der Waals surface area contributed by atoms with Crippen molar-refractivity contribution in [3.05, 3.63) is 30.1 Å². The van der Waals surface area contributed by atoms with Gasteiger partial charge in [0.1, 0.15) is 0 Å². The average molecular weight is 432 g/mol. The Hall–Kier alpha value is -0.890. The summed E-state index contributed by atoms with van der Waals surface area (Å²) >= 11 is 0. The topological polar surface area (TPSA) is 58.5 Å². The van der Waals surface area contributed by atoms with Crippen LogP contribution in [0.1, 0.15) is 38.8 Å². The summed E-state index contributed by atoms with van der Waals surface area (Å²) in [5, 5.41) is 6.78. The molecule has 0 amide bonds. The molecule has 130 valence electrons. The summed E-state index contributed by atoms with van der Waals surface area (Å²) in [6.45, 7) is 8.22. The fourth-order valence-electron chi connectivity index (χ4n) is 2.39. The maximum atomic E-state index is 5.49. The van der Waals surface area contributed by atoms with Crippen LogP contribution in [0.25, 0.3) is 0 Å². The van der Waals surface area contributed by atoms with Crippen LogP contribution in [-0.2, 0) is 11.3 Å². The number of aliphatic imine (C=N–C) groups is 1. The zero-order chi connectivity index (χ0) is 15.7. The van der Waals surface area contributed by atoms with E-state index in [2.05, 4.69) is 27.5 Å². The van der Waals surface area contributed by atoms with Crippen molar-refractivity contribution >= 4 is 29.9 Å². The van der Waals surface area contributed by atoms with E-state index in [0.29, 0.717) is 12.0 Å². The Labute approximate surface area is 156 Å². The van der Waals surface area contributed by atoms with Gasteiger partial charge in [-0.1, -0.05) is 6.07 Å². The van der Waals surface area contributed by atoms with E-state index in [0.717, 1.165) is 44.4 Å². The predicted molar refractivity (Wildman–Crippen MR) is 105 cm³/mol. The van der Waals surface area contributed by atoms with E-state index in [1.54, 1.807) is 6.20 Å². The molecule has 1 aromatic heterocycles. The largest absolute Gasteiger partial charge is 0.382 e. The van der Waals surface area contributed by atoms with Crippen molar-refractivity contribution in [3.63, 3.8) is 0 Å². The second-order valence-electron chi connectivity index (χ2n) is 5.82. The number of nitrogens with one attached hydrogen (secondary N) is 2. The number of nitrogens with zero attached hydrogens (tertiary/aromatic N) is 2. The highest BCUT2D eigenvalue weighted by Gasteiger charge is 2.41. The fraction of sp³-hybridized carbons (Fsp3) is 0.647. The first kappa shape index (κ1) is 20.2. The number of guanidine groups is 1.